The van der Waals surface area contributed by atoms with Crippen LogP contribution < -0.4 is 5.32 Å². The molecule has 0 fully saturated rings. The van der Waals surface area contributed by atoms with Crippen LogP contribution in [-0.4, -0.2) is 11.1 Å². The van der Waals surface area contributed by atoms with Gasteiger partial charge >= 0.3 is 5.97 Å². The quantitative estimate of drug-likeness (QED) is 0.811. The predicted molar refractivity (Wildman–Crippen MR) is 74.5 cm³/mol. The van der Waals surface area contributed by atoms with Crippen molar-refractivity contribution in [2.75, 3.05) is 0 Å². The Bertz CT molecular complexity index is 519. The second-order valence-corrected chi connectivity index (χ2v) is 5.32. The van der Waals surface area contributed by atoms with E-state index in [1.165, 1.54) is 11.1 Å². The van der Waals surface area contributed by atoms with Gasteiger partial charge in [0.2, 0.25) is 0 Å². The highest BCUT2D eigenvalue weighted by Gasteiger charge is 2.13. The molecule has 2 aromatic heterocycles. The third-order valence-corrected chi connectivity index (χ3v) is 3.87. The third kappa shape index (κ3) is 3.68. The Balaban J connectivity index is 1.96. The number of nitrogens with one attached hydrogen (secondary N) is 1. The summed E-state index contributed by atoms with van der Waals surface area (Å²) in [5.74, 6) is -0.312. The lowest BCUT2D eigenvalue weighted by molar-refractivity contribution is 0.0696. The Morgan fingerprint density at radius 2 is 2.42 bits per heavy atom. The number of hydrogen-bond donors (Lipinski definition) is 2. The van der Waals surface area contributed by atoms with Crippen molar-refractivity contribution in [3.8, 4) is 0 Å². The lowest BCUT2D eigenvalue weighted by atomic mass is 10.1. The van der Waals surface area contributed by atoms with Crippen molar-refractivity contribution in [3.63, 3.8) is 0 Å². The fraction of sp³-hybridized carbons (Fsp3) is 0.357. The molecule has 0 saturated heterocycles. The molecule has 19 heavy (non-hydrogen) atoms. The molecule has 2 aromatic rings. The maximum atomic E-state index is 10.8. The van der Waals surface area contributed by atoms with E-state index in [0.717, 1.165) is 12.8 Å². The molecule has 102 valence electrons. The van der Waals surface area contributed by atoms with Crippen molar-refractivity contribution in [2.45, 2.75) is 32.4 Å². The maximum absolute atomic E-state index is 10.8. The lowest BCUT2D eigenvalue weighted by Gasteiger charge is -2.15. The van der Waals surface area contributed by atoms with Gasteiger partial charge in [-0.25, -0.2) is 4.79 Å². The van der Waals surface area contributed by atoms with E-state index in [9.17, 15) is 4.79 Å². The predicted octanol–water partition coefficient (Wildman–Crippen LogP) is 3.67. The molecule has 1 atom stereocenters. The summed E-state index contributed by atoms with van der Waals surface area (Å²) in [5, 5.41) is 14.3. The lowest BCUT2D eigenvalue weighted by Crippen LogP contribution is -2.19. The molecule has 1 unspecified atom stereocenters. The minimum atomic E-state index is -0.960. The molecular formula is C14H17NO3S. The Hall–Kier alpha value is -1.59. The van der Waals surface area contributed by atoms with Crippen LogP contribution in [0.4, 0.5) is 0 Å². The number of carbonyl (C=O) groups is 1. The van der Waals surface area contributed by atoms with Crippen LogP contribution in [0.3, 0.4) is 0 Å². The van der Waals surface area contributed by atoms with Gasteiger partial charge in [0.25, 0.3) is 0 Å². The molecule has 0 bridgehead atoms. The highest BCUT2D eigenvalue weighted by Crippen LogP contribution is 2.23. The molecule has 0 amide bonds. The highest BCUT2D eigenvalue weighted by molar-refractivity contribution is 7.10. The Labute approximate surface area is 116 Å². The summed E-state index contributed by atoms with van der Waals surface area (Å²) >= 11 is 1.73. The molecule has 4 nitrogen and oxygen atoms in total. The van der Waals surface area contributed by atoms with Crippen molar-refractivity contribution in [3.05, 3.63) is 46.0 Å². The molecule has 0 saturated carbocycles. The molecule has 0 aliphatic heterocycles. The van der Waals surface area contributed by atoms with E-state index in [1.54, 1.807) is 17.4 Å². The van der Waals surface area contributed by atoms with Gasteiger partial charge in [0.05, 0.1) is 12.1 Å². The number of furan rings is 1. The molecular weight excluding hydrogens is 262 g/mol. The van der Waals surface area contributed by atoms with Crippen molar-refractivity contribution in [1.82, 2.24) is 5.32 Å². The smallest absolute Gasteiger partial charge is 0.338 e. The van der Waals surface area contributed by atoms with Gasteiger partial charge in [-0.05, 0) is 23.9 Å². The molecule has 0 spiro atoms. The standard InChI is InChI=1S/C14H17NO3S/c1-2-4-12(13-5-3-6-19-13)15-8-11-7-10(9-18-11)14(16)17/h3,5-7,9,12,15H,2,4,8H2,1H3,(H,16,17). The number of thiophene rings is 1. The van der Waals surface area contributed by atoms with Crippen LogP contribution >= 0.6 is 11.3 Å². The zero-order valence-corrected chi connectivity index (χ0v) is 11.6. The van der Waals surface area contributed by atoms with E-state index < -0.39 is 5.97 Å². The van der Waals surface area contributed by atoms with Gasteiger partial charge in [0.1, 0.15) is 12.0 Å². The van der Waals surface area contributed by atoms with Crippen molar-refractivity contribution < 1.29 is 14.3 Å². The second-order valence-electron chi connectivity index (χ2n) is 4.34. The van der Waals surface area contributed by atoms with Crippen LogP contribution in [0.15, 0.2) is 34.3 Å². The van der Waals surface area contributed by atoms with Crippen LogP contribution in [-0.2, 0) is 6.54 Å². The molecule has 2 N–H and O–H groups in total. The van der Waals surface area contributed by atoms with Gasteiger partial charge in [-0.1, -0.05) is 19.4 Å². The molecule has 0 aromatic carbocycles. The zero-order chi connectivity index (χ0) is 13.7. The van der Waals surface area contributed by atoms with E-state index in [4.69, 9.17) is 9.52 Å². The van der Waals surface area contributed by atoms with Gasteiger partial charge in [-0.2, -0.15) is 0 Å². The molecule has 0 aliphatic carbocycles. The van der Waals surface area contributed by atoms with Crippen molar-refractivity contribution in [2.24, 2.45) is 0 Å². The van der Waals surface area contributed by atoms with Gasteiger partial charge in [-0.15, -0.1) is 11.3 Å². The summed E-state index contributed by atoms with van der Waals surface area (Å²) in [4.78, 5) is 12.1. The second kappa shape index (κ2) is 6.54. The molecule has 0 radical (unpaired) electrons. The first kappa shape index (κ1) is 13.8. The summed E-state index contributed by atoms with van der Waals surface area (Å²) in [7, 11) is 0. The van der Waals surface area contributed by atoms with Crippen LogP contribution in [0.5, 0.6) is 0 Å². The largest absolute Gasteiger partial charge is 0.478 e. The number of hydrogen-bond acceptors (Lipinski definition) is 4. The average molecular weight is 279 g/mol. The fourth-order valence-corrected chi connectivity index (χ4v) is 2.77. The van der Waals surface area contributed by atoms with Crippen LogP contribution in [0.25, 0.3) is 0 Å². The highest BCUT2D eigenvalue weighted by atomic mass is 32.1. The average Bonchev–Trinajstić information content (AvgIpc) is 3.05. The first-order valence-electron chi connectivity index (χ1n) is 6.28. The number of carboxylic acid groups (broad SMARTS) is 1. The normalized spacial score (nSPS) is 12.5. The van der Waals surface area contributed by atoms with E-state index in [-0.39, 0.29) is 5.56 Å². The van der Waals surface area contributed by atoms with E-state index in [0.29, 0.717) is 18.3 Å². The number of aromatic carboxylic acids is 1. The fourth-order valence-electron chi connectivity index (χ4n) is 1.93. The summed E-state index contributed by atoms with van der Waals surface area (Å²) in [6, 6.07) is 6.01. The first-order chi connectivity index (χ1) is 9.20. The van der Waals surface area contributed by atoms with Crippen molar-refractivity contribution in [1.29, 1.82) is 0 Å². The summed E-state index contributed by atoms with van der Waals surface area (Å²) < 4.78 is 5.23. The van der Waals surface area contributed by atoms with E-state index in [1.807, 2.05) is 6.07 Å². The minimum Gasteiger partial charge on any atom is -0.478 e. The summed E-state index contributed by atoms with van der Waals surface area (Å²) in [6.07, 6.45) is 3.42. The Morgan fingerprint density at radius 3 is 3.00 bits per heavy atom. The van der Waals surface area contributed by atoms with E-state index >= 15 is 0 Å². The monoisotopic (exact) mass is 279 g/mol. The van der Waals surface area contributed by atoms with Crippen LogP contribution in [0.2, 0.25) is 0 Å². The maximum Gasteiger partial charge on any atom is 0.338 e. The summed E-state index contributed by atoms with van der Waals surface area (Å²) in [6.45, 7) is 2.69. The first-order valence-corrected chi connectivity index (χ1v) is 7.16. The van der Waals surface area contributed by atoms with Gasteiger partial charge in [-0.3, -0.25) is 0 Å². The van der Waals surface area contributed by atoms with Crippen LogP contribution in [0.1, 0.15) is 46.8 Å². The van der Waals surface area contributed by atoms with Gasteiger partial charge in [0, 0.05) is 10.9 Å². The number of carboxylic acids is 1. The van der Waals surface area contributed by atoms with Crippen molar-refractivity contribution >= 4 is 17.3 Å². The minimum absolute atomic E-state index is 0.194. The van der Waals surface area contributed by atoms with Gasteiger partial charge < -0.3 is 14.8 Å². The molecule has 2 rings (SSSR count). The summed E-state index contributed by atoms with van der Waals surface area (Å²) in [5.41, 5.74) is 0.194. The molecule has 5 heteroatoms. The Morgan fingerprint density at radius 1 is 1.58 bits per heavy atom. The van der Waals surface area contributed by atoms with Crippen LogP contribution in [0, 0.1) is 0 Å². The Kier molecular flexibility index (Phi) is 4.76. The zero-order valence-electron chi connectivity index (χ0n) is 10.8. The van der Waals surface area contributed by atoms with E-state index in [2.05, 4.69) is 23.7 Å². The molecule has 2 heterocycles. The topological polar surface area (TPSA) is 62.5 Å². The van der Waals surface area contributed by atoms with Gasteiger partial charge in [0.15, 0.2) is 0 Å². The molecule has 0 aliphatic rings. The third-order valence-electron chi connectivity index (χ3n) is 2.89. The number of rotatable bonds is 7. The SMILES string of the molecule is CCCC(NCc1cc(C(=O)O)co1)c1cccs1.